The maximum Gasteiger partial charge on any atom is 0.534 e. The second-order valence-corrected chi connectivity index (χ2v) is 12.2. The molecule has 0 spiro atoms. The SMILES string of the molecule is CC(C)[C@@H](NS(=O)(=O)c1ccc(-c2ccc(OS(=O)(=O)C(F)(F)F)cc2)cc1)C(=O)OC(C)(C)C. The normalized spacial score (nSPS) is 14.0. The molecule has 8 nitrogen and oxygen atoms in total. The largest absolute Gasteiger partial charge is 0.534 e. The lowest BCUT2D eigenvalue weighted by Crippen LogP contribution is -2.47. The fourth-order valence-electron chi connectivity index (χ4n) is 2.76. The highest BCUT2D eigenvalue weighted by Crippen LogP contribution is 2.29. The molecule has 0 saturated carbocycles. The Hall–Kier alpha value is -2.64. The highest BCUT2D eigenvalue weighted by atomic mass is 32.2. The standard InChI is InChI=1S/C22H26F3NO7S2/c1-14(2)19(20(27)32-21(3,4)5)26-34(28,29)18-12-8-16(9-13-18)15-6-10-17(11-7-15)33-35(30,31)22(23,24)25/h6-14,19,26H,1-5H3/t19-/m1/s1. The first-order chi connectivity index (χ1) is 15.8. The zero-order valence-corrected chi connectivity index (χ0v) is 21.2. The zero-order chi connectivity index (χ0) is 26.8. The number of hydrogen-bond donors (Lipinski definition) is 1. The van der Waals surface area contributed by atoms with Crippen molar-refractivity contribution < 1.29 is 43.7 Å². The molecule has 0 unspecified atom stereocenters. The summed E-state index contributed by atoms with van der Waals surface area (Å²) in [7, 11) is -9.88. The van der Waals surface area contributed by atoms with Crippen LogP contribution >= 0.6 is 0 Å². The molecule has 0 aromatic heterocycles. The smallest absolute Gasteiger partial charge is 0.459 e. The number of halogens is 3. The zero-order valence-electron chi connectivity index (χ0n) is 19.6. The third kappa shape index (κ3) is 7.67. The Morgan fingerprint density at radius 3 is 1.71 bits per heavy atom. The first kappa shape index (κ1) is 28.6. The van der Waals surface area contributed by atoms with Gasteiger partial charge in [0.05, 0.1) is 4.90 Å². The molecule has 35 heavy (non-hydrogen) atoms. The van der Waals surface area contributed by atoms with E-state index in [4.69, 9.17) is 4.74 Å². The Morgan fingerprint density at radius 2 is 1.31 bits per heavy atom. The summed E-state index contributed by atoms with van der Waals surface area (Å²) < 4.78 is 96.9. The van der Waals surface area contributed by atoms with Crippen LogP contribution in [0.5, 0.6) is 5.75 Å². The molecule has 194 valence electrons. The molecule has 0 heterocycles. The van der Waals surface area contributed by atoms with Crippen molar-refractivity contribution in [3.05, 3.63) is 48.5 Å². The molecule has 0 bridgehead atoms. The van der Waals surface area contributed by atoms with Gasteiger partial charge in [-0.15, -0.1) is 0 Å². The summed E-state index contributed by atoms with van der Waals surface area (Å²) in [5.74, 6) is -1.63. The van der Waals surface area contributed by atoms with E-state index in [-0.39, 0.29) is 10.8 Å². The molecular formula is C22H26F3NO7S2. The minimum absolute atomic E-state index is 0.119. The van der Waals surface area contributed by atoms with Crippen molar-refractivity contribution in [2.24, 2.45) is 5.92 Å². The van der Waals surface area contributed by atoms with E-state index in [1.807, 2.05) is 0 Å². The van der Waals surface area contributed by atoms with E-state index in [1.165, 1.54) is 36.4 Å². The topological polar surface area (TPSA) is 116 Å². The Kier molecular flexibility index (Phi) is 8.29. The Labute approximate surface area is 202 Å². The number of sulfonamides is 1. The Balaban J connectivity index is 2.20. The van der Waals surface area contributed by atoms with Gasteiger partial charge in [0.15, 0.2) is 0 Å². The number of alkyl halides is 3. The van der Waals surface area contributed by atoms with E-state index in [2.05, 4.69) is 8.91 Å². The fourth-order valence-corrected chi connectivity index (χ4v) is 4.55. The van der Waals surface area contributed by atoms with E-state index in [9.17, 15) is 34.8 Å². The first-order valence-electron chi connectivity index (χ1n) is 10.3. The molecule has 2 aromatic rings. The van der Waals surface area contributed by atoms with Gasteiger partial charge in [-0.25, -0.2) is 8.42 Å². The van der Waals surface area contributed by atoms with E-state index in [0.717, 1.165) is 12.1 Å². The lowest BCUT2D eigenvalue weighted by molar-refractivity contribution is -0.158. The summed E-state index contributed by atoms with van der Waals surface area (Å²) in [4.78, 5) is 12.3. The van der Waals surface area contributed by atoms with Crippen LogP contribution in [-0.4, -0.2) is 40.0 Å². The van der Waals surface area contributed by atoms with Crippen LogP contribution in [0.2, 0.25) is 0 Å². The molecule has 0 saturated heterocycles. The van der Waals surface area contributed by atoms with Crippen molar-refractivity contribution in [3.8, 4) is 16.9 Å². The van der Waals surface area contributed by atoms with Crippen molar-refractivity contribution in [1.82, 2.24) is 4.72 Å². The summed E-state index contributed by atoms with van der Waals surface area (Å²) in [6.07, 6.45) is 0. The van der Waals surface area contributed by atoms with E-state index in [0.29, 0.717) is 11.1 Å². The van der Waals surface area contributed by atoms with Gasteiger partial charge >= 0.3 is 21.6 Å². The van der Waals surface area contributed by atoms with Gasteiger partial charge in [0.2, 0.25) is 10.0 Å². The van der Waals surface area contributed by atoms with E-state index >= 15 is 0 Å². The highest BCUT2D eigenvalue weighted by Gasteiger charge is 2.48. The van der Waals surface area contributed by atoms with Gasteiger partial charge < -0.3 is 8.92 Å². The van der Waals surface area contributed by atoms with Crippen LogP contribution in [-0.2, 0) is 29.7 Å². The van der Waals surface area contributed by atoms with Crippen molar-refractivity contribution in [1.29, 1.82) is 0 Å². The van der Waals surface area contributed by atoms with Gasteiger partial charge in [-0.3, -0.25) is 4.79 Å². The number of carbonyl (C=O) groups is 1. The van der Waals surface area contributed by atoms with Crippen LogP contribution in [0.1, 0.15) is 34.6 Å². The third-order valence-electron chi connectivity index (χ3n) is 4.45. The quantitative estimate of drug-likeness (QED) is 0.304. The average Bonchev–Trinajstić information content (AvgIpc) is 2.70. The van der Waals surface area contributed by atoms with Gasteiger partial charge in [-0.2, -0.15) is 26.3 Å². The minimum Gasteiger partial charge on any atom is -0.459 e. The van der Waals surface area contributed by atoms with Gasteiger partial charge in [-0.05, 0) is 62.1 Å². The molecular weight excluding hydrogens is 511 g/mol. The van der Waals surface area contributed by atoms with Crippen molar-refractivity contribution in [3.63, 3.8) is 0 Å². The van der Waals surface area contributed by atoms with Gasteiger partial charge in [0.1, 0.15) is 17.4 Å². The lowest BCUT2D eigenvalue weighted by Gasteiger charge is -2.26. The van der Waals surface area contributed by atoms with E-state index < -0.39 is 49.0 Å². The molecule has 2 rings (SSSR count). The van der Waals surface area contributed by atoms with Crippen LogP contribution in [0, 0.1) is 5.92 Å². The molecule has 0 aliphatic rings. The minimum atomic E-state index is -5.79. The summed E-state index contributed by atoms with van der Waals surface area (Å²) in [5.41, 5.74) is -5.39. The van der Waals surface area contributed by atoms with Gasteiger partial charge in [0, 0.05) is 0 Å². The summed E-state index contributed by atoms with van der Waals surface area (Å²) in [5, 5.41) is 0. The second kappa shape index (κ2) is 10.2. The Morgan fingerprint density at radius 1 is 0.857 bits per heavy atom. The summed E-state index contributed by atoms with van der Waals surface area (Å²) in [6, 6.07) is 9.10. The summed E-state index contributed by atoms with van der Waals surface area (Å²) in [6.45, 7) is 8.36. The predicted octanol–water partition coefficient (Wildman–Crippen LogP) is 4.23. The molecule has 1 N–H and O–H groups in total. The fraction of sp³-hybridized carbons (Fsp3) is 0.409. The number of benzene rings is 2. The van der Waals surface area contributed by atoms with Crippen molar-refractivity contribution in [2.45, 2.75) is 56.7 Å². The van der Waals surface area contributed by atoms with Crippen LogP contribution < -0.4 is 8.91 Å². The third-order valence-corrected chi connectivity index (χ3v) is 6.89. The molecule has 0 radical (unpaired) electrons. The van der Waals surface area contributed by atoms with Gasteiger partial charge in [0.25, 0.3) is 0 Å². The molecule has 2 aromatic carbocycles. The number of ether oxygens (including phenoxy) is 1. The summed E-state index contributed by atoms with van der Waals surface area (Å²) >= 11 is 0. The van der Waals surface area contributed by atoms with E-state index in [1.54, 1.807) is 34.6 Å². The molecule has 0 aliphatic heterocycles. The molecule has 0 fully saturated rings. The molecule has 0 aliphatic carbocycles. The maximum atomic E-state index is 12.8. The van der Waals surface area contributed by atoms with Gasteiger partial charge in [-0.1, -0.05) is 38.1 Å². The average molecular weight is 538 g/mol. The molecule has 0 amide bonds. The lowest BCUT2D eigenvalue weighted by atomic mass is 10.1. The van der Waals surface area contributed by atoms with Crippen LogP contribution in [0.25, 0.3) is 11.1 Å². The second-order valence-electron chi connectivity index (χ2n) is 8.91. The number of hydrogen-bond acceptors (Lipinski definition) is 7. The number of rotatable bonds is 8. The Bertz CT molecular complexity index is 1250. The van der Waals surface area contributed by atoms with Crippen LogP contribution in [0.3, 0.4) is 0 Å². The molecule has 1 atom stereocenters. The number of carbonyl (C=O) groups excluding carboxylic acids is 1. The number of esters is 1. The maximum absolute atomic E-state index is 12.8. The van der Waals surface area contributed by atoms with Crippen LogP contribution in [0.4, 0.5) is 13.2 Å². The van der Waals surface area contributed by atoms with Crippen molar-refractivity contribution in [2.75, 3.05) is 0 Å². The first-order valence-corrected chi connectivity index (χ1v) is 13.2. The van der Waals surface area contributed by atoms with Crippen LogP contribution in [0.15, 0.2) is 53.4 Å². The monoisotopic (exact) mass is 537 g/mol. The predicted molar refractivity (Wildman–Crippen MR) is 122 cm³/mol. The number of nitrogens with one attached hydrogen (secondary N) is 1. The molecule has 13 heteroatoms. The van der Waals surface area contributed by atoms with Crippen molar-refractivity contribution >= 4 is 26.1 Å². The highest BCUT2D eigenvalue weighted by molar-refractivity contribution is 7.89.